The molecule has 0 saturated carbocycles. The Morgan fingerprint density at radius 3 is 2.39 bits per heavy atom. The number of hydrogen-bond acceptors (Lipinski definition) is 3. The molecule has 1 unspecified atom stereocenters. The number of amides is 2. The monoisotopic (exact) mass is 405 g/mol. The van der Waals surface area contributed by atoms with Gasteiger partial charge >= 0.3 is 0 Å². The van der Waals surface area contributed by atoms with Gasteiger partial charge in [0.1, 0.15) is 0 Å². The number of carbonyl (C=O) groups excluding carboxylic acids is 2. The normalized spacial score (nSPS) is 24.1. The van der Waals surface area contributed by atoms with Crippen LogP contribution in [-0.2, 0) is 4.79 Å². The molecule has 0 radical (unpaired) electrons. The van der Waals surface area contributed by atoms with Gasteiger partial charge in [0.15, 0.2) is 0 Å². The highest BCUT2D eigenvalue weighted by molar-refractivity contribution is 5.94. The molecule has 1 spiro atoms. The third kappa shape index (κ3) is 4.36. The molecule has 4 rings (SSSR count). The van der Waals surface area contributed by atoms with Crippen LogP contribution in [0.5, 0.6) is 0 Å². The smallest absolute Gasteiger partial charge is 0.253 e. The lowest BCUT2D eigenvalue weighted by atomic mass is 9.77. The van der Waals surface area contributed by atoms with E-state index in [-0.39, 0.29) is 30.1 Å². The minimum Gasteiger partial charge on any atom is -0.342 e. The summed E-state index contributed by atoms with van der Waals surface area (Å²) in [7, 11) is 0. The maximum absolute atomic E-state index is 13.1. The molecule has 154 valence electrons. The largest absolute Gasteiger partial charge is 0.342 e. The number of carbonyl (C=O) groups is 2. The number of nitrogens with one attached hydrogen (secondary N) is 1. The maximum Gasteiger partial charge on any atom is 0.253 e. The van der Waals surface area contributed by atoms with Gasteiger partial charge in [-0.05, 0) is 63.1 Å². The minimum atomic E-state index is -0.0381. The third-order valence-electron chi connectivity index (χ3n) is 6.82. The standard InChI is InChI=1S/C22H31N3O2.ClH/c1-17-4-6-18(7-5-17)20(26)25-12-2-3-19(15-25)21(27)24-13-9-22(10-14-24)8-11-23-16-22;/h4-7,19,23H,2-3,8-16H2,1H3;1H. The van der Waals surface area contributed by atoms with Crippen LogP contribution in [0.3, 0.4) is 0 Å². The van der Waals surface area contributed by atoms with E-state index in [0.29, 0.717) is 12.0 Å². The second kappa shape index (κ2) is 8.83. The lowest BCUT2D eigenvalue weighted by Gasteiger charge is -2.41. The molecule has 0 aromatic heterocycles. The van der Waals surface area contributed by atoms with Gasteiger partial charge in [-0.2, -0.15) is 0 Å². The Morgan fingerprint density at radius 2 is 1.75 bits per heavy atom. The van der Waals surface area contributed by atoms with Crippen molar-refractivity contribution in [3.63, 3.8) is 0 Å². The molecular weight excluding hydrogens is 374 g/mol. The highest BCUT2D eigenvalue weighted by atomic mass is 35.5. The van der Waals surface area contributed by atoms with Crippen molar-refractivity contribution in [1.82, 2.24) is 15.1 Å². The molecule has 3 fully saturated rings. The van der Waals surface area contributed by atoms with Crippen molar-refractivity contribution >= 4 is 24.2 Å². The summed E-state index contributed by atoms with van der Waals surface area (Å²) < 4.78 is 0. The second-order valence-corrected chi connectivity index (χ2v) is 8.71. The predicted octanol–water partition coefficient (Wildman–Crippen LogP) is 2.87. The summed E-state index contributed by atoms with van der Waals surface area (Å²) in [6, 6.07) is 7.73. The summed E-state index contributed by atoms with van der Waals surface area (Å²) in [5, 5.41) is 3.48. The van der Waals surface area contributed by atoms with E-state index in [1.54, 1.807) is 0 Å². The van der Waals surface area contributed by atoms with Crippen molar-refractivity contribution < 1.29 is 9.59 Å². The maximum atomic E-state index is 13.1. The van der Waals surface area contributed by atoms with Gasteiger partial charge in [0.2, 0.25) is 5.91 Å². The first kappa shape index (κ1) is 21.1. The number of rotatable bonds is 2. The highest BCUT2D eigenvalue weighted by Gasteiger charge is 2.40. The number of piperidine rings is 2. The molecule has 0 bridgehead atoms. The molecule has 1 N–H and O–H groups in total. The first-order valence-electron chi connectivity index (χ1n) is 10.4. The van der Waals surface area contributed by atoms with Gasteiger partial charge in [0, 0.05) is 38.3 Å². The number of benzene rings is 1. The minimum absolute atomic E-state index is 0. The van der Waals surface area contributed by atoms with Crippen LogP contribution in [0.4, 0.5) is 0 Å². The van der Waals surface area contributed by atoms with Crippen molar-refractivity contribution in [2.45, 2.75) is 39.0 Å². The lowest BCUT2D eigenvalue weighted by molar-refractivity contribution is -0.139. The average Bonchev–Trinajstić information content (AvgIpc) is 3.16. The zero-order valence-corrected chi connectivity index (χ0v) is 17.6. The number of halogens is 1. The first-order valence-corrected chi connectivity index (χ1v) is 10.4. The molecule has 28 heavy (non-hydrogen) atoms. The quantitative estimate of drug-likeness (QED) is 0.823. The van der Waals surface area contributed by atoms with Crippen molar-refractivity contribution in [2.24, 2.45) is 11.3 Å². The Kier molecular flexibility index (Phi) is 6.66. The van der Waals surface area contributed by atoms with Gasteiger partial charge in [0.25, 0.3) is 5.91 Å². The van der Waals surface area contributed by atoms with E-state index in [1.807, 2.05) is 36.1 Å². The van der Waals surface area contributed by atoms with E-state index < -0.39 is 0 Å². The van der Waals surface area contributed by atoms with E-state index in [0.717, 1.165) is 69.5 Å². The second-order valence-electron chi connectivity index (χ2n) is 8.71. The molecule has 0 aliphatic carbocycles. The molecule has 6 heteroatoms. The zero-order valence-electron chi connectivity index (χ0n) is 16.8. The molecule has 3 heterocycles. The summed E-state index contributed by atoms with van der Waals surface area (Å²) >= 11 is 0. The molecule has 1 atom stereocenters. The van der Waals surface area contributed by atoms with Crippen LogP contribution in [0.25, 0.3) is 0 Å². The molecular formula is C22H32ClN3O2. The Labute approximate surface area is 174 Å². The lowest BCUT2D eigenvalue weighted by Crippen LogP contribution is -2.50. The van der Waals surface area contributed by atoms with Crippen molar-refractivity contribution in [3.05, 3.63) is 35.4 Å². The molecule has 3 aliphatic rings. The van der Waals surface area contributed by atoms with Crippen LogP contribution in [-0.4, -0.2) is 60.9 Å². The number of aryl methyl sites for hydroxylation is 1. The van der Waals surface area contributed by atoms with Crippen LogP contribution in [0.15, 0.2) is 24.3 Å². The third-order valence-corrected chi connectivity index (χ3v) is 6.82. The fourth-order valence-corrected chi connectivity index (χ4v) is 4.92. The zero-order chi connectivity index (χ0) is 18.9. The summed E-state index contributed by atoms with van der Waals surface area (Å²) in [5.41, 5.74) is 2.30. The van der Waals surface area contributed by atoms with Crippen LogP contribution < -0.4 is 5.32 Å². The van der Waals surface area contributed by atoms with E-state index in [2.05, 4.69) is 10.2 Å². The summed E-state index contributed by atoms with van der Waals surface area (Å²) in [6.45, 7) is 7.32. The summed E-state index contributed by atoms with van der Waals surface area (Å²) in [5.74, 6) is 0.281. The van der Waals surface area contributed by atoms with Gasteiger partial charge < -0.3 is 15.1 Å². The summed E-state index contributed by atoms with van der Waals surface area (Å²) in [6.07, 6.45) is 5.29. The molecule has 3 saturated heterocycles. The van der Waals surface area contributed by atoms with Crippen LogP contribution >= 0.6 is 12.4 Å². The Morgan fingerprint density at radius 1 is 1.04 bits per heavy atom. The van der Waals surface area contributed by atoms with E-state index in [9.17, 15) is 9.59 Å². The van der Waals surface area contributed by atoms with Gasteiger partial charge in [-0.1, -0.05) is 17.7 Å². The van der Waals surface area contributed by atoms with Gasteiger partial charge in [-0.15, -0.1) is 12.4 Å². The van der Waals surface area contributed by atoms with Crippen LogP contribution in [0.1, 0.15) is 48.0 Å². The van der Waals surface area contributed by atoms with Crippen LogP contribution in [0, 0.1) is 18.3 Å². The highest BCUT2D eigenvalue weighted by Crippen LogP contribution is 2.37. The van der Waals surface area contributed by atoms with E-state index in [1.165, 1.54) is 6.42 Å². The SMILES string of the molecule is Cc1ccc(C(=O)N2CCCC(C(=O)N3CCC4(CCNC4)CC3)C2)cc1.Cl. The van der Waals surface area contributed by atoms with Crippen LogP contribution in [0.2, 0.25) is 0 Å². The van der Waals surface area contributed by atoms with Gasteiger partial charge in [-0.25, -0.2) is 0 Å². The first-order chi connectivity index (χ1) is 13.1. The van der Waals surface area contributed by atoms with E-state index in [4.69, 9.17) is 0 Å². The number of hydrogen-bond donors (Lipinski definition) is 1. The number of likely N-dealkylation sites (tertiary alicyclic amines) is 2. The van der Waals surface area contributed by atoms with E-state index >= 15 is 0 Å². The average molecular weight is 406 g/mol. The predicted molar refractivity (Wildman–Crippen MR) is 113 cm³/mol. The topological polar surface area (TPSA) is 52.7 Å². The summed E-state index contributed by atoms with van der Waals surface area (Å²) in [4.78, 5) is 29.8. The Balaban J connectivity index is 0.00000225. The molecule has 3 aliphatic heterocycles. The Hall–Kier alpha value is -1.59. The number of nitrogens with zero attached hydrogens (tertiary/aromatic N) is 2. The van der Waals surface area contributed by atoms with Gasteiger partial charge in [-0.3, -0.25) is 9.59 Å². The van der Waals surface area contributed by atoms with Gasteiger partial charge in [0.05, 0.1) is 5.92 Å². The van der Waals surface area contributed by atoms with Crippen molar-refractivity contribution in [3.8, 4) is 0 Å². The molecule has 2 amide bonds. The fraction of sp³-hybridized carbons (Fsp3) is 0.636. The molecule has 5 nitrogen and oxygen atoms in total. The fourth-order valence-electron chi connectivity index (χ4n) is 4.92. The molecule has 1 aromatic carbocycles. The van der Waals surface area contributed by atoms with Crippen molar-refractivity contribution in [2.75, 3.05) is 39.3 Å². The molecule has 1 aromatic rings. The Bertz CT molecular complexity index is 690. The van der Waals surface area contributed by atoms with Crippen molar-refractivity contribution in [1.29, 1.82) is 0 Å².